The van der Waals surface area contributed by atoms with Crippen LogP contribution in [0.5, 0.6) is 5.75 Å². The highest BCUT2D eigenvalue weighted by Crippen LogP contribution is 2.23. The molecule has 0 aliphatic carbocycles. The molecule has 0 atom stereocenters. The Kier molecular flexibility index (Phi) is 9.24. The lowest BCUT2D eigenvalue weighted by Gasteiger charge is -2.12. The van der Waals surface area contributed by atoms with E-state index < -0.39 is 0 Å². The maximum absolute atomic E-state index is 11.9. The monoisotopic (exact) mass is 294 g/mol. The lowest BCUT2D eigenvalue weighted by atomic mass is 10.3. The number of hydrogen-bond donors (Lipinski definition) is 2. The molecule has 0 radical (unpaired) electrons. The van der Waals surface area contributed by atoms with E-state index in [-0.39, 0.29) is 5.91 Å². The molecule has 0 saturated carbocycles. The fourth-order valence-electron chi connectivity index (χ4n) is 1.75. The second-order valence-electron chi connectivity index (χ2n) is 4.62. The topological polar surface area (TPSA) is 59.6 Å². The van der Waals surface area contributed by atoms with Crippen molar-refractivity contribution in [2.45, 2.75) is 26.7 Å². The Bertz CT molecular complexity index is 410. The lowest BCUT2D eigenvalue weighted by molar-refractivity contribution is -0.115. The van der Waals surface area contributed by atoms with Crippen LogP contribution in [0, 0.1) is 0 Å². The van der Waals surface area contributed by atoms with Crippen LogP contribution >= 0.6 is 0 Å². The number of ether oxygens (including phenoxy) is 2. The third-order valence-electron chi connectivity index (χ3n) is 2.84. The zero-order valence-electron chi connectivity index (χ0n) is 13.0. The standard InChI is InChI=1S/C16H26N2O3/c1-3-5-10-17-13-16(19)18-14-8-6-7-9-15(14)21-12-11-20-4-2/h6-9,17H,3-5,10-13H2,1-2H3,(H,18,19). The van der Waals surface area contributed by atoms with Crippen LogP contribution in [-0.4, -0.2) is 38.8 Å². The van der Waals surface area contributed by atoms with Gasteiger partial charge in [0, 0.05) is 6.61 Å². The van der Waals surface area contributed by atoms with Gasteiger partial charge in [-0.05, 0) is 32.0 Å². The van der Waals surface area contributed by atoms with Gasteiger partial charge in [0.25, 0.3) is 0 Å². The molecule has 0 saturated heterocycles. The van der Waals surface area contributed by atoms with Crippen LogP contribution in [0.2, 0.25) is 0 Å². The number of carbonyl (C=O) groups excluding carboxylic acids is 1. The van der Waals surface area contributed by atoms with E-state index in [1.165, 1.54) is 0 Å². The average Bonchev–Trinajstić information content (AvgIpc) is 2.50. The first-order valence-corrected chi connectivity index (χ1v) is 7.58. The highest BCUT2D eigenvalue weighted by Gasteiger charge is 2.07. The summed E-state index contributed by atoms with van der Waals surface area (Å²) in [5.41, 5.74) is 0.691. The number of anilines is 1. The number of rotatable bonds is 11. The van der Waals surface area contributed by atoms with E-state index in [0.29, 0.717) is 37.8 Å². The molecule has 21 heavy (non-hydrogen) atoms. The van der Waals surface area contributed by atoms with Gasteiger partial charge in [-0.1, -0.05) is 25.5 Å². The molecule has 5 heteroatoms. The molecule has 1 aromatic rings. The largest absolute Gasteiger partial charge is 0.489 e. The van der Waals surface area contributed by atoms with Gasteiger partial charge in [0.15, 0.2) is 0 Å². The van der Waals surface area contributed by atoms with Gasteiger partial charge in [0.2, 0.25) is 5.91 Å². The molecule has 0 heterocycles. The molecule has 1 rings (SSSR count). The highest BCUT2D eigenvalue weighted by molar-refractivity contribution is 5.93. The van der Waals surface area contributed by atoms with Crippen LogP contribution in [0.4, 0.5) is 5.69 Å². The third kappa shape index (κ3) is 7.68. The van der Waals surface area contributed by atoms with Crippen LogP contribution in [0.25, 0.3) is 0 Å². The molecule has 0 aromatic heterocycles. The number of unbranched alkanes of at least 4 members (excludes halogenated alkanes) is 1. The van der Waals surface area contributed by atoms with Gasteiger partial charge in [-0.2, -0.15) is 0 Å². The molecule has 0 aliphatic rings. The van der Waals surface area contributed by atoms with Crippen molar-refractivity contribution in [3.05, 3.63) is 24.3 Å². The number of hydrogen-bond acceptors (Lipinski definition) is 4. The van der Waals surface area contributed by atoms with Crippen molar-refractivity contribution in [3.63, 3.8) is 0 Å². The van der Waals surface area contributed by atoms with Crippen molar-refractivity contribution in [1.82, 2.24) is 5.32 Å². The molecular weight excluding hydrogens is 268 g/mol. The summed E-state index contributed by atoms with van der Waals surface area (Å²) >= 11 is 0. The first-order chi connectivity index (χ1) is 10.3. The third-order valence-corrected chi connectivity index (χ3v) is 2.84. The van der Waals surface area contributed by atoms with Gasteiger partial charge >= 0.3 is 0 Å². The Morgan fingerprint density at radius 2 is 2.00 bits per heavy atom. The van der Waals surface area contributed by atoms with Crippen molar-refractivity contribution < 1.29 is 14.3 Å². The predicted molar refractivity (Wildman–Crippen MR) is 84.8 cm³/mol. The summed E-state index contributed by atoms with van der Waals surface area (Å²) in [6.45, 7) is 6.92. The smallest absolute Gasteiger partial charge is 0.238 e. The summed E-state index contributed by atoms with van der Waals surface area (Å²) < 4.78 is 10.9. The van der Waals surface area contributed by atoms with Crippen molar-refractivity contribution >= 4 is 11.6 Å². The summed E-state index contributed by atoms with van der Waals surface area (Å²) in [6, 6.07) is 7.42. The van der Waals surface area contributed by atoms with E-state index >= 15 is 0 Å². The lowest BCUT2D eigenvalue weighted by Crippen LogP contribution is -2.28. The quantitative estimate of drug-likeness (QED) is 0.615. The van der Waals surface area contributed by atoms with Crippen molar-refractivity contribution in [3.8, 4) is 5.75 Å². The Labute approximate surface area is 127 Å². The second-order valence-corrected chi connectivity index (χ2v) is 4.62. The molecule has 118 valence electrons. The first kappa shape index (κ1) is 17.5. The van der Waals surface area contributed by atoms with Gasteiger partial charge in [-0.3, -0.25) is 4.79 Å². The number of carbonyl (C=O) groups is 1. The maximum atomic E-state index is 11.9. The van der Waals surface area contributed by atoms with Crippen LogP contribution in [0.1, 0.15) is 26.7 Å². The molecule has 2 N–H and O–H groups in total. The summed E-state index contributed by atoms with van der Waals surface area (Å²) in [7, 11) is 0. The molecule has 5 nitrogen and oxygen atoms in total. The fourth-order valence-corrected chi connectivity index (χ4v) is 1.75. The fraction of sp³-hybridized carbons (Fsp3) is 0.562. The van der Waals surface area contributed by atoms with Crippen molar-refractivity contribution in [2.75, 3.05) is 38.2 Å². The molecule has 0 spiro atoms. The average molecular weight is 294 g/mol. The molecule has 0 bridgehead atoms. The van der Waals surface area contributed by atoms with E-state index in [4.69, 9.17) is 9.47 Å². The van der Waals surface area contributed by atoms with E-state index in [2.05, 4.69) is 17.6 Å². The summed E-state index contributed by atoms with van der Waals surface area (Å²) in [5.74, 6) is 0.603. The molecule has 0 unspecified atom stereocenters. The molecule has 1 aromatic carbocycles. The minimum absolute atomic E-state index is 0.0630. The summed E-state index contributed by atoms with van der Waals surface area (Å²) in [5, 5.41) is 5.97. The normalized spacial score (nSPS) is 10.4. The maximum Gasteiger partial charge on any atom is 0.238 e. The van der Waals surface area contributed by atoms with Gasteiger partial charge in [-0.15, -0.1) is 0 Å². The van der Waals surface area contributed by atoms with Gasteiger partial charge in [0.05, 0.1) is 18.8 Å². The van der Waals surface area contributed by atoms with Crippen LogP contribution in [0.3, 0.4) is 0 Å². The van der Waals surface area contributed by atoms with Crippen LogP contribution in [-0.2, 0) is 9.53 Å². The van der Waals surface area contributed by atoms with Gasteiger partial charge < -0.3 is 20.1 Å². The Balaban J connectivity index is 2.40. The first-order valence-electron chi connectivity index (χ1n) is 7.58. The summed E-state index contributed by atoms with van der Waals surface area (Å²) in [6.07, 6.45) is 2.19. The number of nitrogens with one attached hydrogen (secondary N) is 2. The minimum Gasteiger partial charge on any atom is -0.489 e. The number of para-hydroxylation sites is 2. The zero-order valence-corrected chi connectivity index (χ0v) is 13.0. The molecule has 0 aliphatic heterocycles. The molecule has 0 fully saturated rings. The van der Waals surface area contributed by atoms with Crippen molar-refractivity contribution in [1.29, 1.82) is 0 Å². The molecule has 1 amide bonds. The van der Waals surface area contributed by atoms with Crippen molar-refractivity contribution in [2.24, 2.45) is 0 Å². The predicted octanol–water partition coefficient (Wildman–Crippen LogP) is 2.43. The van der Waals surface area contributed by atoms with Gasteiger partial charge in [-0.25, -0.2) is 0 Å². The van der Waals surface area contributed by atoms with E-state index in [1.54, 1.807) is 0 Å². The number of amides is 1. The zero-order chi connectivity index (χ0) is 15.3. The Morgan fingerprint density at radius 3 is 2.76 bits per heavy atom. The van der Waals surface area contributed by atoms with E-state index in [0.717, 1.165) is 19.4 Å². The number of benzene rings is 1. The van der Waals surface area contributed by atoms with Crippen LogP contribution < -0.4 is 15.4 Å². The molecular formula is C16H26N2O3. The van der Waals surface area contributed by atoms with E-state index in [9.17, 15) is 4.79 Å². The minimum atomic E-state index is -0.0630. The SMILES string of the molecule is CCCCNCC(=O)Nc1ccccc1OCCOCC. The van der Waals surface area contributed by atoms with Crippen LogP contribution in [0.15, 0.2) is 24.3 Å². The Morgan fingerprint density at radius 1 is 1.19 bits per heavy atom. The van der Waals surface area contributed by atoms with Gasteiger partial charge in [0.1, 0.15) is 12.4 Å². The Hall–Kier alpha value is -1.59. The summed E-state index contributed by atoms with van der Waals surface area (Å²) in [4.78, 5) is 11.9. The second kappa shape index (κ2) is 11.1. The van der Waals surface area contributed by atoms with E-state index in [1.807, 2.05) is 31.2 Å². The highest BCUT2D eigenvalue weighted by atomic mass is 16.5.